The predicted molar refractivity (Wildman–Crippen MR) is 102 cm³/mol. The molecule has 1 aromatic carbocycles. The summed E-state index contributed by atoms with van der Waals surface area (Å²) in [5, 5.41) is 4.66. The molecule has 128 valence electrons. The number of thioether (sulfide) groups is 1. The van der Waals surface area contributed by atoms with Crippen molar-refractivity contribution in [3.63, 3.8) is 0 Å². The van der Waals surface area contributed by atoms with Crippen molar-refractivity contribution >= 4 is 75.1 Å². The highest BCUT2D eigenvalue weighted by Gasteiger charge is 2.36. The van der Waals surface area contributed by atoms with E-state index < -0.39 is 23.6 Å². The highest BCUT2D eigenvalue weighted by Crippen LogP contribution is 2.33. The van der Waals surface area contributed by atoms with Gasteiger partial charge in [0.2, 0.25) is 5.91 Å². The number of imide groups is 1. The van der Waals surface area contributed by atoms with Crippen LogP contribution in [0.1, 0.15) is 4.88 Å². The lowest BCUT2D eigenvalue weighted by Crippen LogP contribution is -2.36. The first kappa shape index (κ1) is 18.0. The van der Waals surface area contributed by atoms with Gasteiger partial charge >= 0.3 is 0 Å². The highest BCUT2D eigenvalue weighted by molar-refractivity contribution is 8.18. The molecule has 0 spiro atoms. The number of halogens is 2. The molecule has 5 nitrogen and oxygen atoms in total. The van der Waals surface area contributed by atoms with Gasteiger partial charge < -0.3 is 5.32 Å². The molecule has 25 heavy (non-hydrogen) atoms. The minimum absolute atomic E-state index is 0.293. The van der Waals surface area contributed by atoms with E-state index in [0.717, 1.165) is 21.5 Å². The van der Waals surface area contributed by atoms with Crippen LogP contribution in [0.5, 0.6) is 0 Å². The molecular formula is C16H10Cl2N2O3S2. The summed E-state index contributed by atoms with van der Waals surface area (Å²) in [6.45, 7) is -0.394. The molecule has 0 aliphatic carbocycles. The van der Waals surface area contributed by atoms with Crippen LogP contribution in [-0.4, -0.2) is 28.5 Å². The lowest BCUT2D eigenvalue weighted by Gasteiger charge is -2.13. The van der Waals surface area contributed by atoms with E-state index in [0.29, 0.717) is 20.6 Å². The number of amides is 3. The summed E-state index contributed by atoms with van der Waals surface area (Å²) in [6.07, 6.45) is 1.64. The normalized spacial score (nSPS) is 15.9. The molecule has 2 aromatic rings. The number of carbonyl (C=O) groups excluding carboxylic acids is 3. The number of hydrogen-bond donors (Lipinski definition) is 1. The lowest BCUT2D eigenvalue weighted by molar-refractivity contribution is -0.127. The molecule has 0 radical (unpaired) electrons. The number of hydrogen-bond acceptors (Lipinski definition) is 5. The molecule has 0 bridgehead atoms. The summed E-state index contributed by atoms with van der Waals surface area (Å²) >= 11 is 14.1. The summed E-state index contributed by atoms with van der Waals surface area (Å²) in [4.78, 5) is 38.6. The van der Waals surface area contributed by atoms with Crippen LogP contribution in [0.25, 0.3) is 6.08 Å². The van der Waals surface area contributed by atoms with Gasteiger partial charge in [-0.25, -0.2) is 0 Å². The van der Waals surface area contributed by atoms with Gasteiger partial charge in [0.25, 0.3) is 11.1 Å². The topological polar surface area (TPSA) is 66.5 Å². The zero-order valence-electron chi connectivity index (χ0n) is 12.5. The first-order chi connectivity index (χ1) is 11.9. The Labute approximate surface area is 161 Å². The van der Waals surface area contributed by atoms with Crippen LogP contribution < -0.4 is 5.32 Å². The Bertz CT molecular complexity index is 882. The molecule has 0 atom stereocenters. The molecule has 3 rings (SSSR count). The highest BCUT2D eigenvalue weighted by atomic mass is 35.5. The van der Waals surface area contributed by atoms with Crippen molar-refractivity contribution in [2.45, 2.75) is 0 Å². The first-order valence-electron chi connectivity index (χ1n) is 6.98. The van der Waals surface area contributed by atoms with Gasteiger partial charge in [0.05, 0.1) is 15.6 Å². The molecule has 1 aliphatic heterocycles. The Morgan fingerprint density at radius 2 is 2.04 bits per heavy atom. The predicted octanol–water partition coefficient (Wildman–Crippen LogP) is 4.73. The summed E-state index contributed by atoms with van der Waals surface area (Å²) in [7, 11) is 0. The largest absolute Gasteiger partial charge is 0.323 e. The summed E-state index contributed by atoms with van der Waals surface area (Å²) in [5.41, 5.74) is 0.320. The molecule has 1 aliphatic rings. The maximum atomic E-state index is 12.3. The van der Waals surface area contributed by atoms with Crippen molar-refractivity contribution in [2.24, 2.45) is 0 Å². The van der Waals surface area contributed by atoms with E-state index in [-0.39, 0.29) is 0 Å². The Kier molecular flexibility index (Phi) is 5.48. The third-order valence-corrected chi connectivity index (χ3v) is 5.49. The van der Waals surface area contributed by atoms with Gasteiger partial charge in [-0.05, 0) is 47.5 Å². The zero-order valence-corrected chi connectivity index (χ0v) is 15.6. The van der Waals surface area contributed by atoms with Crippen LogP contribution in [0.4, 0.5) is 10.5 Å². The standard InChI is InChI=1S/C16H10Cl2N2O3S2/c17-9-3-4-11(18)12(6-9)19-14(21)8-20-15(22)13(25-16(20)23)7-10-2-1-5-24-10/h1-7H,8H2,(H,19,21)/b13-7-. The fourth-order valence-corrected chi connectivity index (χ4v) is 3.96. The van der Waals surface area contributed by atoms with Gasteiger partial charge in [0, 0.05) is 9.90 Å². The molecule has 0 unspecified atom stereocenters. The van der Waals surface area contributed by atoms with E-state index in [4.69, 9.17) is 23.2 Å². The smallest absolute Gasteiger partial charge is 0.294 e. The van der Waals surface area contributed by atoms with Crippen molar-refractivity contribution in [1.82, 2.24) is 4.90 Å². The second kappa shape index (κ2) is 7.61. The first-order valence-corrected chi connectivity index (χ1v) is 9.43. The van der Waals surface area contributed by atoms with E-state index in [1.165, 1.54) is 17.4 Å². The van der Waals surface area contributed by atoms with E-state index in [1.807, 2.05) is 17.5 Å². The van der Waals surface area contributed by atoms with Crippen LogP contribution in [0.3, 0.4) is 0 Å². The number of nitrogens with one attached hydrogen (secondary N) is 1. The quantitative estimate of drug-likeness (QED) is 0.736. The molecule has 9 heteroatoms. The molecule has 1 fully saturated rings. The van der Waals surface area contributed by atoms with Crippen molar-refractivity contribution in [3.8, 4) is 0 Å². The van der Waals surface area contributed by atoms with E-state index in [9.17, 15) is 14.4 Å². The number of benzene rings is 1. The third kappa shape index (κ3) is 4.24. The van der Waals surface area contributed by atoms with Gasteiger partial charge in [-0.3, -0.25) is 19.3 Å². The monoisotopic (exact) mass is 412 g/mol. The number of rotatable bonds is 4. The van der Waals surface area contributed by atoms with Gasteiger partial charge in [-0.15, -0.1) is 11.3 Å². The van der Waals surface area contributed by atoms with Crippen LogP contribution in [0.2, 0.25) is 10.0 Å². The third-order valence-electron chi connectivity index (χ3n) is 3.19. The van der Waals surface area contributed by atoms with Gasteiger partial charge in [-0.1, -0.05) is 29.3 Å². The maximum Gasteiger partial charge on any atom is 0.294 e. The fraction of sp³-hybridized carbons (Fsp3) is 0.0625. The van der Waals surface area contributed by atoms with E-state index in [2.05, 4.69) is 5.32 Å². The molecule has 1 aromatic heterocycles. The average Bonchev–Trinajstić information content (AvgIpc) is 3.15. The van der Waals surface area contributed by atoms with E-state index >= 15 is 0 Å². The Balaban J connectivity index is 1.70. The Morgan fingerprint density at radius 3 is 2.76 bits per heavy atom. The van der Waals surface area contributed by atoms with Gasteiger partial charge in [-0.2, -0.15) is 0 Å². The SMILES string of the molecule is O=C(CN1C(=O)S/C(=C\c2cccs2)C1=O)Nc1cc(Cl)ccc1Cl. The van der Waals surface area contributed by atoms with Crippen molar-refractivity contribution < 1.29 is 14.4 Å². The minimum Gasteiger partial charge on any atom is -0.323 e. The maximum absolute atomic E-state index is 12.3. The minimum atomic E-state index is -0.538. The van der Waals surface area contributed by atoms with Crippen molar-refractivity contribution in [3.05, 3.63) is 55.5 Å². The molecule has 3 amide bonds. The van der Waals surface area contributed by atoms with Gasteiger partial charge in [0.1, 0.15) is 6.54 Å². The molecule has 1 saturated heterocycles. The van der Waals surface area contributed by atoms with E-state index in [1.54, 1.807) is 18.2 Å². The number of carbonyl (C=O) groups is 3. The van der Waals surface area contributed by atoms with Crippen LogP contribution >= 0.6 is 46.3 Å². The molecule has 0 saturated carbocycles. The van der Waals surface area contributed by atoms with Crippen LogP contribution in [0, 0.1) is 0 Å². The fourth-order valence-electron chi connectivity index (χ4n) is 2.07. The Morgan fingerprint density at radius 1 is 1.24 bits per heavy atom. The summed E-state index contributed by atoms with van der Waals surface area (Å²) in [5.74, 6) is -1.03. The molecule has 2 heterocycles. The lowest BCUT2D eigenvalue weighted by atomic mass is 10.3. The summed E-state index contributed by atoms with van der Waals surface area (Å²) < 4.78 is 0. The van der Waals surface area contributed by atoms with Crippen molar-refractivity contribution in [2.75, 3.05) is 11.9 Å². The number of anilines is 1. The van der Waals surface area contributed by atoms with Crippen LogP contribution in [-0.2, 0) is 9.59 Å². The second-order valence-electron chi connectivity index (χ2n) is 4.96. The number of thiophene rings is 1. The van der Waals surface area contributed by atoms with Crippen LogP contribution in [0.15, 0.2) is 40.6 Å². The second-order valence-corrected chi connectivity index (χ2v) is 7.77. The number of nitrogens with zero attached hydrogens (tertiary/aromatic N) is 1. The average molecular weight is 413 g/mol. The molecule has 1 N–H and O–H groups in total. The molecular weight excluding hydrogens is 403 g/mol. The Hall–Kier alpha value is -1.80. The van der Waals surface area contributed by atoms with Gasteiger partial charge in [0.15, 0.2) is 0 Å². The zero-order chi connectivity index (χ0) is 18.0. The summed E-state index contributed by atoms with van der Waals surface area (Å²) in [6, 6.07) is 8.32. The van der Waals surface area contributed by atoms with Crippen molar-refractivity contribution in [1.29, 1.82) is 0 Å².